The number of benzene rings is 1. The largest absolute Gasteiger partial charge is 0.383 e. The molecule has 0 unspecified atom stereocenters. The van der Waals surface area contributed by atoms with Gasteiger partial charge in [-0.25, -0.2) is 0 Å². The first-order chi connectivity index (χ1) is 9.76. The first-order valence-corrected chi connectivity index (χ1v) is 7.47. The van der Waals surface area contributed by atoms with Crippen molar-refractivity contribution in [1.82, 2.24) is 14.8 Å². The van der Waals surface area contributed by atoms with E-state index in [2.05, 4.69) is 28.5 Å². The van der Waals surface area contributed by atoms with Crippen LogP contribution in [0.4, 0.5) is 5.69 Å². The van der Waals surface area contributed by atoms with Gasteiger partial charge in [-0.3, -0.25) is 0 Å². The van der Waals surface area contributed by atoms with Gasteiger partial charge in [0.2, 0.25) is 0 Å². The van der Waals surface area contributed by atoms with Crippen LogP contribution in [0, 0.1) is 11.3 Å². The second kappa shape index (κ2) is 6.96. The molecule has 0 aliphatic heterocycles. The zero-order valence-electron chi connectivity index (χ0n) is 11.6. The Morgan fingerprint density at radius 3 is 2.95 bits per heavy atom. The Balaban J connectivity index is 2.04. The van der Waals surface area contributed by atoms with E-state index in [4.69, 9.17) is 0 Å². The minimum Gasteiger partial charge on any atom is -0.383 e. The van der Waals surface area contributed by atoms with Crippen molar-refractivity contribution in [3.63, 3.8) is 0 Å². The highest BCUT2D eigenvalue weighted by Gasteiger charge is 2.08. The van der Waals surface area contributed by atoms with Crippen molar-refractivity contribution >= 4 is 17.4 Å². The molecule has 0 bridgehead atoms. The molecular weight excluding hydrogens is 270 g/mol. The van der Waals surface area contributed by atoms with Crippen molar-refractivity contribution in [2.75, 3.05) is 17.6 Å². The first-order valence-electron chi connectivity index (χ1n) is 6.49. The maximum absolute atomic E-state index is 9.32. The minimum absolute atomic E-state index is 0.720. The van der Waals surface area contributed by atoms with Gasteiger partial charge in [0.05, 0.1) is 11.3 Å². The number of nitrogens with one attached hydrogen (secondary N) is 1. The van der Waals surface area contributed by atoms with E-state index in [0.29, 0.717) is 0 Å². The molecule has 2 aromatic rings. The predicted molar refractivity (Wildman–Crippen MR) is 80.8 cm³/mol. The summed E-state index contributed by atoms with van der Waals surface area (Å²) in [5.74, 6) is 1.88. The van der Waals surface area contributed by atoms with Crippen molar-refractivity contribution in [3.8, 4) is 6.07 Å². The van der Waals surface area contributed by atoms with Crippen LogP contribution < -0.4 is 5.32 Å². The first kappa shape index (κ1) is 14.4. The molecule has 0 amide bonds. The zero-order chi connectivity index (χ0) is 14.4. The van der Waals surface area contributed by atoms with E-state index < -0.39 is 0 Å². The van der Waals surface area contributed by atoms with Crippen molar-refractivity contribution < 1.29 is 0 Å². The second-order valence-electron chi connectivity index (χ2n) is 4.26. The SMILES string of the molecule is CCSc1cccc(NCCc2nncn2C)c1C#N. The van der Waals surface area contributed by atoms with Crippen LogP contribution in [0.15, 0.2) is 29.4 Å². The fourth-order valence-corrected chi connectivity index (χ4v) is 2.70. The normalized spacial score (nSPS) is 10.2. The summed E-state index contributed by atoms with van der Waals surface area (Å²) in [5.41, 5.74) is 1.60. The molecule has 5 nitrogen and oxygen atoms in total. The number of aryl methyl sites for hydroxylation is 1. The van der Waals surface area contributed by atoms with E-state index in [1.54, 1.807) is 18.1 Å². The molecule has 1 heterocycles. The maximum Gasteiger partial charge on any atom is 0.134 e. The zero-order valence-corrected chi connectivity index (χ0v) is 12.4. The van der Waals surface area contributed by atoms with Crippen molar-refractivity contribution in [1.29, 1.82) is 5.26 Å². The molecule has 20 heavy (non-hydrogen) atoms. The molecule has 1 aromatic heterocycles. The molecule has 0 saturated heterocycles. The Morgan fingerprint density at radius 1 is 1.45 bits per heavy atom. The third kappa shape index (κ3) is 3.31. The molecule has 2 rings (SSSR count). The van der Waals surface area contributed by atoms with Crippen molar-refractivity contribution in [2.24, 2.45) is 7.05 Å². The van der Waals surface area contributed by atoms with E-state index in [0.717, 1.165) is 40.7 Å². The molecule has 0 saturated carbocycles. The Bertz CT molecular complexity index is 614. The van der Waals surface area contributed by atoms with Crippen molar-refractivity contribution in [3.05, 3.63) is 35.9 Å². The Kier molecular flexibility index (Phi) is 5.02. The molecule has 1 aromatic carbocycles. The van der Waals surface area contributed by atoms with Gasteiger partial charge in [-0.1, -0.05) is 13.0 Å². The fraction of sp³-hybridized carbons (Fsp3) is 0.357. The number of aromatic nitrogens is 3. The number of hydrogen-bond donors (Lipinski definition) is 1. The highest BCUT2D eigenvalue weighted by Crippen LogP contribution is 2.27. The third-order valence-electron chi connectivity index (χ3n) is 2.91. The van der Waals surface area contributed by atoms with Crippen molar-refractivity contribution in [2.45, 2.75) is 18.2 Å². The highest BCUT2D eigenvalue weighted by atomic mass is 32.2. The van der Waals surface area contributed by atoms with Gasteiger partial charge in [-0.15, -0.1) is 22.0 Å². The lowest BCUT2D eigenvalue weighted by molar-refractivity contribution is 0.788. The van der Waals surface area contributed by atoms with Crippen LogP contribution in [0.5, 0.6) is 0 Å². The number of rotatable bonds is 6. The standard InChI is InChI=1S/C14H17N5S/c1-3-20-13-6-4-5-12(11(13)9-15)16-8-7-14-18-17-10-19(14)2/h4-6,10,16H,3,7-8H2,1-2H3. The van der Waals surface area contributed by atoms with Gasteiger partial charge in [0.25, 0.3) is 0 Å². The molecule has 0 atom stereocenters. The van der Waals surface area contributed by atoms with Crippen LogP contribution in [-0.4, -0.2) is 27.1 Å². The Labute approximate surface area is 123 Å². The average molecular weight is 287 g/mol. The molecule has 104 valence electrons. The number of hydrogen-bond acceptors (Lipinski definition) is 5. The van der Waals surface area contributed by atoms with Gasteiger partial charge < -0.3 is 9.88 Å². The van der Waals surface area contributed by atoms with Gasteiger partial charge in [0.1, 0.15) is 18.2 Å². The van der Waals surface area contributed by atoms with E-state index in [-0.39, 0.29) is 0 Å². The summed E-state index contributed by atoms with van der Waals surface area (Å²) in [4.78, 5) is 1.03. The van der Waals surface area contributed by atoms with Gasteiger partial charge in [-0.2, -0.15) is 5.26 Å². The molecule has 1 N–H and O–H groups in total. The van der Waals surface area contributed by atoms with E-state index >= 15 is 0 Å². The smallest absolute Gasteiger partial charge is 0.134 e. The van der Waals surface area contributed by atoms with Gasteiger partial charge in [-0.05, 0) is 17.9 Å². The predicted octanol–water partition coefficient (Wildman–Crippen LogP) is 2.45. The highest BCUT2D eigenvalue weighted by molar-refractivity contribution is 7.99. The van der Waals surface area contributed by atoms with Crippen LogP contribution in [0.25, 0.3) is 0 Å². The summed E-state index contributed by atoms with van der Waals surface area (Å²) < 4.78 is 1.90. The summed E-state index contributed by atoms with van der Waals surface area (Å²) in [7, 11) is 1.93. The van der Waals surface area contributed by atoms with Crippen LogP contribution >= 0.6 is 11.8 Å². The van der Waals surface area contributed by atoms with E-state index in [1.807, 2.05) is 29.8 Å². The molecule has 0 spiro atoms. The van der Waals surface area contributed by atoms with Crippen LogP contribution in [0.3, 0.4) is 0 Å². The molecule has 0 aliphatic rings. The third-order valence-corrected chi connectivity index (χ3v) is 3.85. The molecule has 0 fully saturated rings. The Morgan fingerprint density at radius 2 is 2.30 bits per heavy atom. The summed E-state index contributed by atoms with van der Waals surface area (Å²) in [6, 6.07) is 8.19. The number of anilines is 1. The quantitative estimate of drug-likeness (QED) is 0.827. The second-order valence-corrected chi connectivity index (χ2v) is 5.56. The minimum atomic E-state index is 0.720. The number of thioether (sulfide) groups is 1. The van der Waals surface area contributed by atoms with Gasteiger partial charge in [0, 0.05) is 24.9 Å². The Hall–Kier alpha value is -2.00. The lowest BCUT2D eigenvalue weighted by atomic mass is 10.2. The molecule has 0 radical (unpaired) electrons. The monoisotopic (exact) mass is 287 g/mol. The number of nitrogens with zero attached hydrogens (tertiary/aromatic N) is 4. The van der Waals surface area contributed by atoms with Crippen LogP contribution in [0.1, 0.15) is 18.3 Å². The lowest BCUT2D eigenvalue weighted by Gasteiger charge is -2.10. The van der Waals surface area contributed by atoms with E-state index in [9.17, 15) is 5.26 Å². The van der Waals surface area contributed by atoms with E-state index in [1.165, 1.54) is 0 Å². The summed E-state index contributed by atoms with van der Waals surface area (Å²) in [5, 5.41) is 20.5. The fourth-order valence-electron chi connectivity index (χ4n) is 1.91. The molecular formula is C14H17N5S. The van der Waals surface area contributed by atoms with Crippen LogP contribution in [-0.2, 0) is 13.5 Å². The average Bonchev–Trinajstić information content (AvgIpc) is 2.85. The molecule has 0 aliphatic carbocycles. The topological polar surface area (TPSA) is 66.5 Å². The lowest BCUT2D eigenvalue weighted by Crippen LogP contribution is -2.09. The summed E-state index contributed by atoms with van der Waals surface area (Å²) in [6.07, 6.45) is 2.46. The van der Waals surface area contributed by atoms with Gasteiger partial charge in [0.15, 0.2) is 0 Å². The van der Waals surface area contributed by atoms with Crippen LogP contribution in [0.2, 0.25) is 0 Å². The van der Waals surface area contributed by atoms with Gasteiger partial charge >= 0.3 is 0 Å². The maximum atomic E-state index is 9.32. The number of nitriles is 1. The summed E-state index contributed by atoms with van der Waals surface area (Å²) in [6.45, 7) is 2.81. The summed E-state index contributed by atoms with van der Waals surface area (Å²) >= 11 is 1.69. The molecule has 6 heteroatoms.